The number of nitrogens with two attached hydrogens (primary N) is 1. The summed E-state index contributed by atoms with van der Waals surface area (Å²) in [4.78, 5) is 17.9. The van der Waals surface area contributed by atoms with Crippen LogP contribution in [0.4, 0.5) is 4.79 Å². The summed E-state index contributed by atoms with van der Waals surface area (Å²) in [6, 6.07) is 15.4. The molecule has 0 saturated carbocycles. The molecule has 1 aliphatic rings. The molecule has 0 unspecified atom stereocenters. The zero-order valence-electron chi connectivity index (χ0n) is 18.0. The van der Waals surface area contributed by atoms with Gasteiger partial charge in [0.2, 0.25) is 0 Å². The Bertz CT molecular complexity index is 877. The number of ether oxygens (including phenoxy) is 3. The second kappa shape index (κ2) is 11.1. The fourth-order valence-electron chi connectivity index (χ4n) is 3.35. The number of carbonyl (C=O) groups is 1. The number of amides is 1. The molecule has 1 heterocycles. The summed E-state index contributed by atoms with van der Waals surface area (Å²) >= 11 is 0. The molecule has 1 fully saturated rings. The molecular weight excluding hydrogens is 396 g/mol. The third-order valence-electron chi connectivity index (χ3n) is 5.03. The van der Waals surface area contributed by atoms with Crippen molar-refractivity contribution < 1.29 is 19.0 Å². The quantitative estimate of drug-likeness (QED) is 0.519. The van der Waals surface area contributed by atoms with E-state index in [1.165, 1.54) is 0 Å². The second-order valence-electron chi connectivity index (χ2n) is 7.20. The Labute approximate surface area is 183 Å². The highest BCUT2D eigenvalue weighted by Gasteiger charge is 2.23. The number of methoxy groups -OCH3 is 1. The van der Waals surface area contributed by atoms with Crippen LogP contribution in [0.3, 0.4) is 0 Å². The van der Waals surface area contributed by atoms with Crippen molar-refractivity contribution >= 4 is 12.1 Å². The number of benzene rings is 2. The van der Waals surface area contributed by atoms with Gasteiger partial charge in [0, 0.05) is 19.1 Å². The first-order valence-electron chi connectivity index (χ1n) is 10.5. The molecule has 0 radical (unpaired) electrons. The third-order valence-corrected chi connectivity index (χ3v) is 5.03. The largest absolute Gasteiger partial charge is 0.493 e. The number of rotatable bonds is 7. The van der Waals surface area contributed by atoms with Crippen molar-refractivity contribution in [1.82, 2.24) is 10.2 Å². The summed E-state index contributed by atoms with van der Waals surface area (Å²) < 4.78 is 16.2. The van der Waals surface area contributed by atoms with Crippen LogP contribution in [0.1, 0.15) is 25.3 Å². The average Bonchev–Trinajstić information content (AvgIpc) is 2.79. The van der Waals surface area contributed by atoms with Gasteiger partial charge in [0.05, 0.1) is 20.3 Å². The van der Waals surface area contributed by atoms with Crippen LogP contribution in [-0.2, 0) is 11.3 Å². The Morgan fingerprint density at radius 1 is 1.13 bits per heavy atom. The SMILES string of the molecule is CCOC(=O)N1CCC(NC(N)=NCc2ccc(Oc3ccccc3OC)cc2)CC1. The number of hydrogen-bond donors (Lipinski definition) is 2. The highest BCUT2D eigenvalue weighted by molar-refractivity contribution is 5.78. The van der Waals surface area contributed by atoms with Crippen molar-refractivity contribution in [3.05, 3.63) is 54.1 Å². The van der Waals surface area contributed by atoms with Gasteiger partial charge in [-0.2, -0.15) is 0 Å². The summed E-state index contributed by atoms with van der Waals surface area (Å²) in [7, 11) is 1.62. The lowest BCUT2D eigenvalue weighted by molar-refractivity contribution is 0.0963. The minimum atomic E-state index is -0.249. The predicted molar refractivity (Wildman–Crippen MR) is 120 cm³/mol. The molecule has 1 aliphatic heterocycles. The lowest BCUT2D eigenvalue weighted by atomic mass is 10.1. The molecule has 3 rings (SSSR count). The first-order valence-corrected chi connectivity index (χ1v) is 10.5. The summed E-state index contributed by atoms with van der Waals surface area (Å²) in [5, 5.41) is 3.25. The van der Waals surface area contributed by atoms with E-state index in [2.05, 4.69) is 10.3 Å². The van der Waals surface area contributed by atoms with Gasteiger partial charge in [0.15, 0.2) is 17.5 Å². The van der Waals surface area contributed by atoms with Gasteiger partial charge >= 0.3 is 6.09 Å². The molecular formula is C23H30N4O4. The first kappa shape index (κ1) is 22.3. The van der Waals surface area contributed by atoms with Crippen LogP contribution < -0.4 is 20.5 Å². The van der Waals surface area contributed by atoms with E-state index in [1.807, 2.05) is 55.5 Å². The van der Waals surface area contributed by atoms with Crippen molar-refractivity contribution in [3.63, 3.8) is 0 Å². The molecule has 8 heteroatoms. The fourth-order valence-corrected chi connectivity index (χ4v) is 3.35. The molecule has 2 aromatic carbocycles. The molecule has 3 N–H and O–H groups in total. The van der Waals surface area contributed by atoms with Crippen LogP contribution in [-0.4, -0.2) is 49.8 Å². The van der Waals surface area contributed by atoms with Gasteiger partial charge in [-0.1, -0.05) is 24.3 Å². The lowest BCUT2D eigenvalue weighted by Crippen LogP contribution is -2.48. The number of guanidine groups is 1. The Morgan fingerprint density at radius 3 is 2.45 bits per heavy atom. The maximum absolute atomic E-state index is 11.8. The maximum Gasteiger partial charge on any atom is 0.409 e. The number of nitrogens with one attached hydrogen (secondary N) is 1. The molecule has 0 aliphatic carbocycles. The average molecular weight is 427 g/mol. The molecule has 8 nitrogen and oxygen atoms in total. The standard InChI is InChI=1S/C23H30N4O4/c1-3-30-23(28)27-14-12-18(13-15-27)26-22(24)25-16-17-8-10-19(11-9-17)31-21-7-5-4-6-20(21)29-2/h4-11,18H,3,12-16H2,1-2H3,(H3,24,25,26). The van der Waals surface area contributed by atoms with Crippen LogP contribution in [0.5, 0.6) is 17.2 Å². The van der Waals surface area contributed by atoms with Gasteiger partial charge < -0.3 is 30.2 Å². The fraction of sp³-hybridized carbons (Fsp3) is 0.391. The first-order chi connectivity index (χ1) is 15.1. The van der Waals surface area contributed by atoms with E-state index >= 15 is 0 Å². The van der Waals surface area contributed by atoms with Crippen molar-refractivity contribution in [1.29, 1.82) is 0 Å². The summed E-state index contributed by atoms with van der Waals surface area (Å²) in [5.74, 6) is 2.47. The third kappa shape index (κ3) is 6.53. The molecule has 31 heavy (non-hydrogen) atoms. The van der Waals surface area contributed by atoms with Crippen LogP contribution in [0.25, 0.3) is 0 Å². The Hall–Kier alpha value is -3.42. The minimum absolute atomic E-state index is 0.200. The number of carbonyl (C=O) groups excluding carboxylic acids is 1. The van der Waals surface area contributed by atoms with E-state index in [1.54, 1.807) is 12.0 Å². The molecule has 1 saturated heterocycles. The van der Waals surface area contributed by atoms with Gasteiger partial charge in [-0.25, -0.2) is 9.79 Å². The second-order valence-corrected chi connectivity index (χ2v) is 7.20. The van der Waals surface area contributed by atoms with Crippen LogP contribution in [0.2, 0.25) is 0 Å². The molecule has 0 aromatic heterocycles. The zero-order valence-corrected chi connectivity index (χ0v) is 18.0. The highest BCUT2D eigenvalue weighted by Crippen LogP contribution is 2.30. The van der Waals surface area contributed by atoms with Gasteiger partial charge in [-0.3, -0.25) is 0 Å². The number of nitrogens with zero attached hydrogens (tertiary/aromatic N) is 2. The minimum Gasteiger partial charge on any atom is -0.493 e. The Kier molecular flexibility index (Phi) is 7.98. The van der Waals surface area contributed by atoms with Gasteiger partial charge in [-0.15, -0.1) is 0 Å². The van der Waals surface area contributed by atoms with Gasteiger partial charge in [0.1, 0.15) is 5.75 Å². The topological polar surface area (TPSA) is 98.4 Å². The van der Waals surface area contributed by atoms with Crippen molar-refractivity contribution in [2.45, 2.75) is 32.4 Å². The van der Waals surface area contributed by atoms with E-state index in [4.69, 9.17) is 19.9 Å². The highest BCUT2D eigenvalue weighted by atomic mass is 16.6. The molecule has 2 aromatic rings. The molecule has 0 atom stereocenters. The Balaban J connectivity index is 1.46. The molecule has 1 amide bonds. The summed E-state index contributed by atoms with van der Waals surface area (Å²) in [6.45, 7) is 3.97. The van der Waals surface area contributed by atoms with E-state index in [9.17, 15) is 4.79 Å². The zero-order chi connectivity index (χ0) is 22.1. The summed E-state index contributed by atoms with van der Waals surface area (Å²) in [6.07, 6.45) is 1.37. The number of aliphatic imine (C=N–C) groups is 1. The Morgan fingerprint density at radius 2 is 1.81 bits per heavy atom. The lowest BCUT2D eigenvalue weighted by Gasteiger charge is -2.31. The van der Waals surface area contributed by atoms with E-state index < -0.39 is 0 Å². The van der Waals surface area contributed by atoms with Crippen molar-refractivity contribution in [2.24, 2.45) is 10.7 Å². The normalized spacial score (nSPS) is 14.8. The molecule has 0 bridgehead atoms. The van der Waals surface area contributed by atoms with Crippen LogP contribution >= 0.6 is 0 Å². The number of para-hydroxylation sites is 2. The molecule has 0 spiro atoms. The predicted octanol–water partition coefficient (Wildman–Crippen LogP) is 3.51. The monoisotopic (exact) mass is 426 g/mol. The van der Waals surface area contributed by atoms with Crippen molar-refractivity contribution in [2.75, 3.05) is 26.8 Å². The van der Waals surface area contributed by atoms with E-state index in [0.29, 0.717) is 43.7 Å². The van der Waals surface area contributed by atoms with Gasteiger partial charge in [-0.05, 0) is 49.6 Å². The molecule has 166 valence electrons. The number of hydrogen-bond acceptors (Lipinski definition) is 5. The van der Waals surface area contributed by atoms with Crippen molar-refractivity contribution in [3.8, 4) is 17.2 Å². The number of likely N-dealkylation sites (tertiary alicyclic amines) is 1. The smallest absolute Gasteiger partial charge is 0.409 e. The van der Waals surface area contributed by atoms with Crippen LogP contribution in [0.15, 0.2) is 53.5 Å². The maximum atomic E-state index is 11.8. The van der Waals surface area contributed by atoms with Gasteiger partial charge in [0.25, 0.3) is 0 Å². The van der Waals surface area contributed by atoms with E-state index in [0.717, 1.165) is 24.2 Å². The summed E-state index contributed by atoms with van der Waals surface area (Å²) in [5.41, 5.74) is 7.08. The van der Waals surface area contributed by atoms with E-state index in [-0.39, 0.29) is 12.1 Å². The van der Waals surface area contributed by atoms with Crippen LogP contribution in [0, 0.1) is 0 Å². The number of piperidine rings is 1.